The molecule has 0 radical (unpaired) electrons. The number of amides is 1. The minimum absolute atomic E-state index is 0.108. The number of carbonyl (C=O) groups is 1. The molecule has 0 bridgehead atoms. The van der Waals surface area contributed by atoms with Crippen molar-refractivity contribution >= 4 is 22.9 Å². The molecule has 0 spiro atoms. The van der Waals surface area contributed by atoms with Gasteiger partial charge in [0, 0.05) is 60.8 Å². The molecular formula is C30H36F2N4O. The first-order chi connectivity index (χ1) is 17.9. The molecule has 1 amide bonds. The molecule has 5 nitrogen and oxygen atoms in total. The third-order valence-electron chi connectivity index (χ3n) is 8.18. The summed E-state index contributed by atoms with van der Waals surface area (Å²) in [6, 6.07) is 9.83. The average molecular weight is 507 g/mol. The van der Waals surface area contributed by atoms with E-state index in [0.717, 1.165) is 51.4 Å². The van der Waals surface area contributed by atoms with Crippen LogP contribution < -0.4 is 5.73 Å². The molecule has 2 aliphatic rings. The Balaban J connectivity index is 1.07. The van der Waals surface area contributed by atoms with Crippen LogP contribution in [0.15, 0.2) is 48.7 Å². The van der Waals surface area contributed by atoms with Crippen molar-refractivity contribution in [3.05, 3.63) is 77.0 Å². The van der Waals surface area contributed by atoms with Crippen molar-refractivity contribution in [2.45, 2.75) is 44.6 Å². The Morgan fingerprint density at radius 3 is 2.59 bits per heavy atom. The maximum Gasteiger partial charge on any atom is 0.246 e. The highest BCUT2D eigenvalue weighted by atomic mass is 19.1. The number of H-pyrrole nitrogens is 1. The summed E-state index contributed by atoms with van der Waals surface area (Å²) in [4.78, 5) is 20.3. The quantitative estimate of drug-likeness (QED) is 0.451. The summed E-state index contributed by atoms with van der Waals surface area (Å²) in [5, 5.41) is 1.30. The number of aromatic amines is 1. The Bertz CT molecular complexity index is 1260. The third-order valence-corrected chi connectivity index (χ3v) is 8.18. The Hall–Kier alpha value is -3.03. The number of rotatable bonds is 6. The number of nitrogens with two attached hydrogens (primary N) is 1. The van der Waals surface area contributed by atoms with Crippen LogP contribution in [0, 0.1) is 24.5 Å². The number of aromatic nitrogens is 1. The van der Waals surface area contributed by atoms with E-state index in [9.17, 15) is 13.6 Å². The standard InChI is InChI=1S/C30H36F2N4O/c1-20-3-2-4-26-27(18-34-30(20)26)25-10-12-35(19-28(25)33)11-7-21-8-13-36(14-9-21)29(37)6-5-22-15-23(31)17-24(32)16-22/h2-6,15-18,21,25,28,34H,7-14,19,33H2,1H3/b6-5+. The van der Waals surface area contributed by atoms with E-state index < -0.39 is 11.6 Å². The van der Waals surface area contributed by atoms with Gasteiger partial charge in [0.1, 0.15) is 11.6 Å². The minimum atomic E-state index is -0.647. The summed E-state index contributed by atoms with van der Waals surface area (Å²) in [6.45, 7) is 6.57. The summed E-state index contributed by atoms with van der Waals surface area (Å²) < 4.78 is 26.7. The zero-order valence-corrected chi connectivity index (χ0v) is 21.4. The predicted octanol–water partition coefficient (Wildman–Crippen LogP) is 5.21. The number of hydrogen-bond acceptors (Lipinski definition) is 3. The van der Waals surface area contributed by atoms with E-state index >= 15 is 0 Å². The van der Waals surface area contributed by atoms with Crippen LogP contribution in [0.4, 0.5) is 8.78 Å². The van der Waals surface area contributed by atoms with Gasteiger partial charge in [0.15, 0.2) is 0 Å². The maximum absolute atomic E-state index is 13.4. The van der Waals surface area contributed by atoms with E-state index in [0.29, 0.717) is 30.5 Å². The largest absolute Gasteiger partial charge is 0.361 e. The first-order valence-corrected chi connectivity index (χ1v) is 13.3. The van der Waals surface area contributed by atoms with Gasteiger partial charge >= 0.3 is 0 Å². The van der Waals surface area contributed by atoms with E-state index in [-0.39, 0.29) is 11.9 Å². The van der Waals surface area contributed by atoms with Crippen molar-refractivity contribution < 1.29 is 13.6 Å². The molecule has 0 aliphatic carbocycles. The van der Waals surface area contributed by atoms with Crippen LogP contribution in [0.25, 0.3) is 17.0 Å². The van der Waals surface area contributed by atoms with E-state index in [1.807, 2.05) is 4.90 Å². The highest BCUT2D eigenvalue weighted by molar-refractivity contribution is 5.91. The van der Waals surface area contributed by atoms with Crippen molar-refractivity contribution in [2.24, 2.45) is 11.7 Å². The molecule has 2 unspecified atom stereocenters. The van der Waals surface area contributed by atoms with Gasteiger partial charge in [0.25, 0.3) is 0 Å². The van der Waals surface area contributed by atoms with Crippen LogP contribution >= 0.6 is 0 Å². The van der Waals surface area contributed by atoms with Gasteiger partial charge in [-0.25, -0.2) is 8.78 Å². The molecule has 7 heteroatoms. The summed E-state index contributed by atoms with van der Waals surface area (Å²) in [6.07, 6.45) is 9.18. The molecule has 3 aromatic rings. The van der Waals surface area contributed by atoms with Crippen LogP contribution in [0.2, 0.25) is 0 Å². The molecule has 2 aliphatic heterocycles. The number of para-hydroxylation sites is 1. The van der Waals surface area contributed by atoms with Crippen molar-refractivity contribution in [3.63, 3.8) is 0 Å². The van der Waals surface area contributed by atoms with Crippen LogP contribution in [0.1, 0.15) is 48.3 Å². The first kappa shape index (κ1) is 25.6. The number of nitrogens with one attached hydrogen (secondary N) is 1. The lowest BCUT2D eigenvalue weighted by molar-refractivity contribution is -0.127. The number of aryl methyl sites for hydroxylation is 1. The lowest BCUT2D eigenvalue weighted by Crippen LogP contribution is -2.48. The number of halogens is 2. The number of fused-ring (bicyclic) bond motifs is 1. The summed E-state index contributed by atoms with van der Waals surface area (Å²) in [5.41, 5.74) is 10.9. The second-order valence-electron chi connectivity index (χ2n) is 10.7. The van der Waals surface area contributed by atoms with E-state index in [4.69, 9.17) is 5.73 Å². The number of hydrogen-bond donors (Lipinski definition) is 2. The van der Waals surface area contributed by atoms with Gasteiger partial charge < -0.3 is 20.5 Å². The second kappa shape index (κ2) is 11.2. The molecule has 5 rings (SSSR count). The van der Waals surface area contributed by atoms with Crippen molar-refractivity contribution in [1.82, 2.24) is 14.8 Å². The van der Waals surface area contributed by atoms with Gasteiger partial charge in [-0.05, 0) is 86.5 Å². The fourth-order valence-corrected chi connectivity index (χ4v) is 6.03. The zero-order valence-electron chi connectivity index (χ0n) is 21.4. The molecule has 2 saturated heterocycles. The Kier molecular flexibility index (Phi) is 7.72. The van der Waals surface area contributed by atoms with Gasteiger partial charge in [0.05, 0.1) is 0 Å². The van der Waals surface area contributed by atoms with Crippen molar-refractivity contribution in [1.29, 1.82) is 0 Å². The Labute approximate surface area is 217 Å². The molecule has 1 aromatic heterocycles. The zero-order chi connectivity index (χ0) is 25.9. The topological polar surface area (TPSA) is 65.4 Å². The van der Waals surface area contributed by atoms with Crippen LogP contribution in [-0.2, 0) is 4.79 Å². The molecule has 3 heterocycles. The van der Waals surface area contributed by atoms with Crippen molar-refractivity contribution in [2.75, 3.05) is 32.7 Å². The number of carbonyl (C=O) groups excluding carboxylic acids is 1. The van der Waals surface area contributed by atoms with Crippen LogP contribution in [0.3, 0.4) is 0 Å². The Morgan fingerprint density at radius 2 is 1.86 bits per heavy atom. The molecule has 196 valence electrons. The molecule has 37 heavy (non-hydrogen) atoms. The van der Waals surface area contributed by atoms with Gasteiger partial charge in [-0.2, -0.15) is 0 Å². The smallest absolute Gasteiger partial charge is 0.246 e. The molecule has 3 N–H and O–H groups in total. The lowest BCUT2D eigenvalue weighted by atomic mass is 9.85. The minimum Gasteiger partial charge on any atom is -0.361 e. The lowest BCUT2D eigenvalue weighted by Gasteiger charge is -2.38. The number of nitrogens with zero attached hydrogens (tertiary/aromatic N) is 2. The summed E-state index contributed by atoms with van der Waals surface area (Å²) in [7, 11) is 0. The van der Waals surface area contributed by atoms with Gasteiger partial charge in [-0.3, -0.25) is 4.79 Å². The Morgan fingerprint density at radius 1 is 1.11 bits per heavy atom. The van der Waals surface area contributed by atoms with E-state index in [2.05, 4.69) is 41.2 Å². The number of piperidine rings is 2. The number of likely N-dealkylation sites (tertiary alicyclic amines) is 2. The highest BCUT2D eigenvalue weighted by Crippen LogP contribution is 2.34. The number of benzene rings is 2. The predicted molar refractivity (Wildman–Crippen MR) is 144 cm³/mol. The average Bonchev–Trinajstić information content (AvgIpc) is 3.31. The molecule has 0 saturated carbocycles. The summed E-state index contributed by atoms with van der Waals surface area (Å²) >= 11 is 0. The molecular weight excluding hydrogens is 470 g/mol. The maximum atomic E-state index is 13.4. The third kappa shape index (κ3) is 5.94. The summed E-state index contributed by atoms with van der Waals surface area (Å²) in [5.74, 6) is -0.435. The molecule has 2 fully saturated rings. The molecule has 2 aromatic carbocycles. The van der Waals surface area contributed by atoms with E-state index in [1.54, 1.807) is 0 Å². The van der Waals surface area contributed by atoms with Crippen molar-refractivity contribution in [3.8, 4) is 0 Å². The normalized spacial score (nSPS) is 21.8. The fraction of sp³-hybridized carbons (Fsp3) is 0.433. The van der Waals surface area contributed by atoms with Gasteiger partial charge in [0.2, 0.25) is 5.91 Å². The monoisotopic (exact) mass is 506 g/mol. The highest BCUT2D eigenvalue weighted by Gasteiger charge is 2.30. The van der Waals surface area contributed by atoms with Gasteiger partial charge in [-0.15, -0.1) is 0 Å². The first-order valence-electron chi connectivity index (χ1n) is 13.3. The van der Waals surface area contributed by atoms with Gasteiger partial charge in [-0.1, -0.05) is 18.2 Å². The second-order valence-corrected chi connectivity index (χ2v) is 10.7. The van der Waals surface area contributed by atoms with E-state index in [1.165, 1.54) is 46.3 Å². The molecule has 2 atom stereocenters. The van der Waals surface area contributed by atoms with Crippen LogP contribution in [-0.4, -0.2) is 59.5 Å². The SMILES string of the molecule is Cc1cccc2c(C3CCN(CCC4CCN(C(=O)/C=C/c5cc(F)cc(F)c5)CC4)CC3N)c[nH]c12. The fourth-order valence-electron chi connectivity index (χ4n) is 6.03. The van der Waals surface area contributed by atoms with Crippen LogP contribution in [0.5, 0.6) is 0 Å².